The predicted octanol–water partition coefficient (Wildman–Crippen LogP) is 6.14. The standard InChI is InChI=1S/C18H25ClO/c19-15-11-16(13-7-3-1-4-8-13)18(20)17(12-15)14-9-5-2-6-10-14/h11-14,20H,1-10H2. The van der Waals surface area contributed by atoms with Crippen LogP contribution in [0.25, 0.3) is 0 Å². The summed E-state index contributed by atoms with van der Waals surface area (Å²) in [6.45, 7) is 0. The highest BCUT2D eigenvalue weighted by Crippen LogP contribution is 2.45. The Morgan fingerprint density at radius 2 is 1.15 bits per heavy atom. The van der Waals surface area contributed by atoms with E-state index in [0.29, 0.717) is 17.6 Å². The maximum absolute atomic E-state index is 10.8. The fraction of sp³-hybridized carbons (Fsp3) is 0.667. The second kappa shape index (κ2) is 6.39. The Bertz CT molecular complexity index is 417. The molecule has 20 heavy (non-hydrogen) atoms. The van der Waals surface area contributed by atoms with Crippen molar-refractivity contribution in [3.05, 3.63) is 28.3 Å². The highest BCUT2D eigenvalue weighted by Gasteiger charge is 2.25. The third-order valence-electron chi connectivity index (χ3n) is 5.22. The molecule has 1 nitrogen and oxygen atoms in total. The monoisotopic (exact) mass is 292 g/mol. The zero-order chi connectivity index (χ0) is 13.9. The van der Waals surface area contributed by atoms with Crippen LogP contribution in [0.1, 0.15) is 87.2 Å². The van der Waals surface area contributed by atoms with Crippen molar-refractivity contribution in [2.24, 2.45) is 0 Å². The van der Waals surface area contributed by atoms with Gasteiger partial charge in [0.25, 0.3) is 0 Å². The molecule has 2 fully saturated rings. The first-order valence-electron chi connectivity index (χ1n) is 8.28. The second-order valence-electron chi connectivity index (χ2n) is 6.60. The quantitative estimate of drug-likeness (QED) is 0.694. The van der Waals surface area contributed by atoms with E-state index in [0.717, 1.165) is 16.1 Å². The van der Waals surface area contributed by atoms with Crippen LogP contribution in [0, 0.1) is 0 Å². The molecule has 2 heteroatoms. The summed E-state index contributed by atoms with van der Waals surface area (Å²) < 4.78 is 0. The van der Waals surface area contributed by atoms with Gasteiger partial charge in [-0.3, -0.25) is 0 Å². The van der Waals surface area contributed by atoms with Crippen LogP contribution in [0.5, 0.6) is 5.75 Å². The number of halogens is 1. The van der Waals surface area contributed by atoms with E-state index in [4.69, 9.17) is 11.6 Å². The van der Waals surface area contributed by atoms with Crippen LogP contribution < -0.4 is 0 Å². The van der Waals surface area contributed by atoms with Crippen LogP contribution in [0.2, 0.25) is 5.02 Å². The molecule has 0 spiro atoms. The first-order valence-corrected chi connectivity index (χ1v) is 8.66. The minimum atomic E-state index is 0.518. The lowest BCUT2D eigenvalue weighted by molar-refractivity contribution is 0.393. The van der Waals surface area contributed by atoms with Crippen molar-refractivity contribution in [1.82, 2.24) is 0 Å². The fourth-order valence-corrected chi connectivity index (χ4v) is 4.33. The minimum absolute atomic E-state index is 0.518. The number of hydrogen-bond acceptors (Lipinski definition) is 1. The molecular formula is C18H25ClO. The van der Waals surface area contributed by atoms with Crippen LogP contribution in [0.15, 0.2) is 12.1 Å². The molecule has 0 atom stereocenters. The largest absolute Gasteiger partial charge is 0.507 e. The van der Waals surface area contributed by atoms with Gasteiger partial charge in [0, 0.05) is 5.02 Å². The van der Waals surface area contributed by atoms with Gasteiger partial charge in [0.15, 0.2) is 0 Å². The first kappa shape index (κ1) is 14.3. The molecule has 3 rings (SSSR count). The van der Waals surface area contributed by atoms with E-state index in [1.54, 1.807) is 0 Å². The third kappa shape index (κ3) is 2.98. The van der Waals surface area contributed by atoms with Gasteiger partial charge in [-0.05, 0) is 60.8 Å². The molecule has 0 aliphatic heterocycles. The van der Waals surface area contributed by atoms with Crippen molar-refractivity contribution >= 4 is 11.6 Å². The number of phenolic OH excluding ortho intramolecular Hbond substituents is 1. The molecule has 0 amide bonds. The van der Waals surface area contributed by atoms with Crippen LogP contribution in [-0.2, 0) is 0 Å². The van der Waals surface area contributed by atoms with Gasteiger partial charge in [-0.2, -0.15) is 0 Å². The molecule has 110 valence electrons. The molecule has 1 N–H and O–H groups in total. The Kier molecular flexibility index (Phi) is 4.55. The number of benzene rings is 1. The molecule has 0 bridgehead atoms. The van der Waals surface area contributed by atoms with E-state index < -0.39 is 0 Å². The van der Waals surface area contributed by atoms with Gasteiger partial charge in [0.2, 0.25) is 0 Å². The van der Waals surface area contributed by atoms with Gasteiger partial charge in [-0.15, -0.1) is 0 Å². The lowest BCUT2D eigenvalue weighted by Crippen LogP contribution is -2.09. The van der Waals surface area contributed by atoms with E-state index in [9.17, 15) is 5.11 Å². The van der Waals surface area contributed by atoms with E-state index in [1.807, 2.05) is 12.1 Å². The molecule has 2 saturated carbocycles. The summed E-state index contributed by atoms with van der Waals surface area (Å²) >= 11 is 6.35. The van der Waals surface area contributed by atoms with Gasteiger partial charge in [-0.25, -0.2) is 0 Å². The number of rotatable bonds is 2. The first-order chi connectivity index (χ1) is 9.75. The topological polar surface area (TPSA) is 20.2 Å². The molecule has 1 aromatic rings. The van der Waals surface area contributed by atoms with E-state index in [-0.39, 0.29) is 0 Å². The molecule has 2 aliphatic carbocycles. The molecule has 1 aromatic carbocycles. The molecule has 0 heterocycles. The number of hydrogen-bond donors (Lipinski definition) is 1. The van der Waals surface area contributed by atoms with Crippen molar-refractivity contribution in [2.45, 2.75) is 76.0 Å². The Hall–Kier alpha value is -0.690. The van der Waals surface area contributed by atoms with Crippen molar-refractivity contribution in [3.8, 4) is 5.75 Å². The molecule has 2 aliphatic rings. The summed E-state index contributed by atoms with van der Waals surface area (Å²) in [5.74, 6) is 1.60. The molecule has 0 radical (unpaired) electrons. The average molecular weight is 293 g/mol. The highest BCUT2D eigenvalue weighted by molar-refractivity contribution is 6.30. The highest BCUT2D eigenvalue weighted by atomic mass is 35.5. The molecule has 0 saturated heterocycles. The van der Waals surface area contributed by atoms with Crippen molar-refractivity contribution in [1.29, 1.82) is 0 Å². The fourth-order valence-electron chi connectivity index (χ4n) is 4.09. The maximum Gasteiger partial charge on any atom is 0.122 e. The lowest BCUT2D eigenvalue weighted by atomic mass is 9.79. The van der Waals surface area contributed by atoms with Crippen LogP contribution in [0.3, 0.4) is 0 Å². The average Bonchev–Trinajstić information content (AvgIpc) is 2.51. The van der Waals surface area contributed by atoms with Crippen molar-refractivity contribution in [3.63, 3.8) is 0 Å². The third-order valence-corrected chi connectivity index (χ3v) is 5.44. The summed E-state index contributed by atoms with van der Waals surface area (Å²) in [7, 11) is 0. The lowest BCUT2D eigenvalue weighted by Gasteiger charge is -2.27. The summed E-state index contributed by atoms with van der Waals surface area (Å²) in [4.78, 5) is 0. The Morgan fingerprint density at radius 3 is 1.55 bits per heavy atom. The van der Waals surface area contributed by atoms with Crippen LogP contribution in [-0.4, -0.2) is 5.11 Å². The Balaban J connectivity index is 1.91. The Morgan fingerprint density at radius 1 is 0.750 bits per heavy atom. The predicted molar refractivity (Wildman–Crippen MR) is 84.8 cm³/mol. The van der Waals surface area contributed by atoms with Gasteiger partial charge >= 0.3 is 0 Å². The zero-order valence-electron chi connectivity index (χ0n) is 12.2. The molecule has 0 unspecified atom stereocenters. The summed E-state index contributed by atoms with van der Waals surface area (Å²) in [5, 5.41) is 11.6. The van der Waals surface area contributed by atoms with E-state index in [1.165, 1.54) is 64.2 Å². The Labute approximate surface area is 127 Å². The smallest absolute Gasteiger partial charge is 0.122 e. The molecule has 0 aromatic heterocycles. The zero-order valence-corrected chi connectivity index (χ0v) is 13.0. The SMILES string of the molecule is Oc1c(C2CCCCC2)cc(Cl)cc1C1CCCCC1. The van der Waals surface area contributed by atoms with Gasteiger partial charge < -0.3 is 5.11 Å². The van der Waals surface area contributed by atoms with Gasteiger partial charge in [-0.1, -0.05) is 50.1 Å². The minimum Gasteiger partial charge on any atom is -0.507 e. The van der Waals surface area contributed by atoms with E-state index in [2.05, 4.69) is 0 Å². The van der Waals surface area contributed by atoms with Gasteiger partial charge in [0.1, 0.15) is 5.75 Å². The normalized spacial score (nSPS) is 22.1. The summed E-state index contributed by atoms with van der Waals surface area (Å²) in [6, 6.07) is 4.03. The number of aromatic hydroxyl groups is 1. The molecular weight excluding hydrogens is 268 g/mol. The van der Waals surface area contributed by atoms with Crippen LogP contribution >= 0.6 is 11.6 Å². The van der Waals surface area contributed by atoms with E-state index >= 15 is 0 Å². The number of phenols is 1. The van der Waals surface area contributed by atoms with Crippen molar-refractivity contribution < 1.29 is 5.11 Å². The van der Waals surface area contributed by atoms with Crippen molar-refractivity contribution in [2.75, 3.05) is 0 Å². The summed E-state index contributed by atoms with van der Waals surface area (Å²) in [6.07, 6.45) is 12.7. The summed E-state index contributed by atoms with van der Waals surface area (Å²) in [5.41, 5.74) is 2.25. The second-order valence-corrected chi connectivity index (χ2v) is 7.04. The maximum atomic E-state index is 10.8. The van der Waals surface area contributed by atoms with Gasteiger partial charge in [0.05, 0.1) is 0 Å². The van der Waals surface area contributed by atoms with Crippen LogP contribution in [0.4, 0.5) is 0 Å².